The molecular formula is C19H24N4O2. The van der Waals surface area contributed by atoms with Gasteiger partial charge in [-0.2, -0.15) is 15.8 Å². The van der Waals surface area contributed by atoms with E-state index in [2.05, 4.69) is 25.1 Å². The van der Waals surface area contributed by atoms with Crippen LogP contribution in [0, 0.1) is 56.2 Å². The molecule has 0 spiro atoms. The summed E-state index contributed by atoms with van der Waals surface area (Å²) in [6.07, 6.45) is 6.69. The average Bonchev–Trinajstić information content (AvgIpc) is 2.75. The highest BCUT2D eigenvalue weighted by molar-refractivity contribution is 5.89. The molecule has 0 radical (unpaired) electrons. The summed E-state index contributed by atoms with van der Waals surface area (Å²) < 4.78 is 12.2. The van der Waals surface area contributed by atoms with Crippen LogP contribution in [-0.2, 0) is 9.47 Å². The van der Waals surface area contributed by atoms with E-state index in [1.807, 2.05) is 0 Å². The summed E-state index contributed by atoms with van der Waals surface area (Å²) in [5.74, 6) is -1.69. The molecule has 3 aliphatic rings. The summed E-state index contributed by atoms with van der Waals surface area (Å²) in [5, 5.41) is 38.6. The molecule has 6 heteroatoms. The zero-order chi connectivity index (χ0) is 18.1. The van der Waals surface area contributed by atoms with Crippen molar-refractivity contribution in [3.63, 3.8) is 0 Å². The van der Waals surface area contributed by atoms with Gasteiger partial charge in [-0.3, -0.25) is 5.41 Å². The highest BCUT2D eigenvalue weighted by Gasteiger charge is 2.79. The topological polar surface area (TPSA) is 114 Å². The molecule has 0 aromatic heterocycles. The molecule has 2 saturated heterocycles. The van der Waals surface area contributed by atoms with Gasteiger partial charge in [-0.05, 0) is 19.3 Å². The fourth-order valence-electron chi connectivity index (χ4n) is 4.99. The zero-order valence-electron chi connectivity index (χ0n) is 14.7. The highest BCUT2D eigenvalue weighted by atomic mass is 16.7. The number of unbranched alkanes of at least 4 members (excludes halogenated alkanes) is 2. The quantitative estimate of drug-likeness (QED) is 0.782. The van der Waals surface area contributed by atoms with Crippen LogP contribution in [0.2, 0.25) is 0 Å². The summed E-state index contributed by atoms with van der Waals surface area (Å²) in [6, 6.07) is 6.45. The molecule has 0 aromatic rings. The van der Waals surface area contributed by atoms with E-state index in [0.717, 1.165) is 38.5 Å². The largest absolute Gasteiger partial charge is 0.447 e. The number of ether oxygens (including phenoxy) is 2. The average molecular weight is 340 g/mol. The molecule has 4 unspecified atom stereocenters. The SMILES string of the molecule is CCCCCC1OC23CCCCCC2C(C#N)(C(=N)O3)C1(C#N)C#N. The van der Waals surface area contributed by atoms with Gasteiger partial charge in [0, 0.05) is 6.42 Å². The minimum atomic E-state index is -1.69. The van der Waals surface area contributed by atoms with Crippen LogP contribution < -0.4 is 0 Å². The number of hydrogen-bond acceptors (Lipinski definition) is 6. The summed E-state index contributed by atoms with van der Waals surface area (Å²) >= 11 is 0. The number of rotatable bonds is 4. The molecule has 3 fully saturated rings. The number of nitrogens with zero attached hydrogens (tertiary/aromatic N) is 3. The monoisotopic (exact) mass is 340 g/mol. The van der Waals surface area contributed by atoms with Crippen molar-refractivity contribution in [2.75, 3.05) is 0 Å². The third-order valence-electron chi connectivity index (χ3n) is 6.25. The third kappa shape index (κ3) is 2.12. The molecule has 2 aliphatic heterocycles. The number of nitriles is 3. The van der Waals surface area contributed by atoms with Gasteiger partial charge in [0.15, 0.2) is 10.8 Å². The lowest BCUT2D eigenvalue weighted by atomic mass is 9.53. The minimum Gasteiger partial charge on any atom is -0.447 e. The van der Waals surface area contributed by atoms with E-state index in [4.69, 9.17) is 14.9 Å². The van der Waals surface area contributed by atoms with E-state index in [0.29, 0.717) is 19.3 Å². The van der Waals surface area contributed by atoms with Crippen molar-refractivity contribution >= 4 is 5.90 Å². The summed E-state index contributed by atoms with van der Waals surface area (Å²) in [4.78, 5) is 0. The normalized spacial score (nSPS) is 38.4. The summed E-state index contributed by atoms with van der Waals surface area (Å²) in [5.41, 5.74) is -3.22. The Morgan fingerprint density at radius 3 is 2.52 bits per heavy atom. The zero-order valence-corrected chi connectivity index (χ0v) is 14.7. The van der Waals surface area contributed by atoms with Crippen LogP contribution in [0.5, 0.6) is 0 Å². The van der Waals surface area contributed by atoms with Gasteiger partial charge >= 0.3 is 0 Å². The van der Waals surface area contributed by atoms with E-state index >= 15 is 0 Å². The van der Waals surface area contributed by atoms with Crippen LogP contribution in [-0.4, -0.2) is 17.8 Å². The van der Waals surface area contributed by atoms with Gasteiger partial charge in [-0.15, -0.1) is 0 Å². The summed E-state index contributed by atoms with van der Waals surface area (Å²) in [7, 11) is 0. The predicted molar refractivity (Wildman–Crippen MR) is 88.8 cm³/mol. The fourth-order valence-corrected chi connectivity index (χ4v) is 4.99. The van der Waals surface area contributed by atoms with E-state index in [1.54, 1.807) is 0 Å². The van der Waals surface area contributed by atoms with Crippen LogP contribution in [0.25, 0.3) is 0 Å². The van der Waals surface area contributed by atoms with Crippen LogP contribution in [0.3, 0.4) is 0 Å². The molecule has 2 bridgehead atoms. The van der Waals surface area contributed by atoms with Crippen LogP contribution >= 0.6 is 0 Å². The maximum Gasteiger partial charge on any atom is 0.217 e. The Hall–Kier alpha value is -2.10. The first-order valence-electron chi connectivity index (χ1n) is 9.26. The third-order valence-corrected chi connectivity index (χ3v) is 6.25. The van der Waals surface area contributed by atoms with Gasteiger partial charge in [0.2, 0.25) is 11.7 Å². The first-order chi connectivity index (χ1) is 12.1. The Morgan fingerprint density at radius 1 is 1.12 bits per heavy atom. The molecule has 0 amide bonds. The van der Waals surface area contributed by atoms with E-state index in [9.17, 15) is 15.8 Å². The minimum absolute atomic E-state index is 0.247. The van der Waals surface area contributed by atoms with Crippen molar-refractivity contribution in [2.45, 2.75) is 76.6 Å². The van der Waals surface area contributed by atoms with Crippen molar-refractivity contribution in [1.82, 2.24) is 0 Å². The van der Waals surface area contributed by atoms with Crippen molar-refractivity contribution < 1.29 is 9.47 Å². The Kier molecular flexibility index (Phi) is 4.48. The lowest BCUT2D eigenvalue weighted by Gasteiger charge is -2.49. The maximum absolute atomic E-state index is 10.1. The van der Waals surface area contributed by atoms with Gasteiger partial charge in [-0.25, -0.2) is 0 Å². The lowest BCUT2D eigenvalue weighted by Crippen LogP contribution is -2.62. The van der Waals surface area contributed by atoms with Gasteiger partial charge in [0.1, 0.15) is 0 Å². The number of hydrogen-bond donors (Lipinski definition) is 1. The molecule has 6 nitrogen and oxygen atoms in total. The van der Waals surface area contributed by atoms with Crippen LogP contribution in [0.4, 0.5) is 0 Å². The lowest BCUT2D eigenvalue weighted by molar-refractivity contribution is -0.283. The molecule has 0 aromatic carbocycles. The van der Waals surface area contributed by atoms with E-state index in [1.165, 1.54) is 0 Å². The van der Waals surface area contributed by atoms with Crippen molar-refractivity contribution in [3.8, 4) is 18.2 Å². The fraction of sp³-hybridized carbons (Fsp3) is 0.789. The Bertz CT molecular complexity index is 671. The molecule has 132 valence electrons. The van der Waals surface area contributed by atoms with Gasteiger partial charge in [0.05, 0.1) is 30.2 Å². The second-order valence-electron chi connectivity index (χ2n) is 7.45. The summed E-state index contributed by atoms with van der Waals surface area (Å²) in [6.45, 7) is 2.09. The molecule has 25 heavy (non-hydrogen) atoms. The van der Waals surface area contributed by atoms with Crippen molar-refractivity contribution in [2.24, 2.45) is 16.7 Å². The molecule has 4 atom stereocenters. The second kappa shape index (κ2) is 6.32. The van der Waals surface area contributed by atoms with E-state index in [-0.39, 0.29) is 5.90 Å². The van der Waals surface area contributed by atoms with Gasteiger partial charge in [0.25, 0.3) is 0 Å². The predicted octanol–water partition coefficient (Wildman–Crippen LogP) is 3.79. The molecule has 3 rings (SSSR count). The number of nitrogens with one attached hydrogen (secondary N) is 1. The second-order valence-corrected chi connectivity index (χ2v) is 7.45. The maximum atomic E-state index is 10.1. The van der Waals surface area contributed by atoms with Crippen molar-refractivity contribution in [1.29, 1.82) is 21.2 Å². The van der Waals surface area contributed by atoms with Crippen LogP contribution in [0.15, 0.2) is 0 Å². The first-order valence-corrected chi connectivity index (χ1v) is 9.26. The van der Waals surface area contributed by atoms with Crippen molar-refractivity contribution in [3.05, 3.63) is 0 Å². The molecular weight excluding hydrogens is 316 g/mol. The molecule has 1 aliphatic carbocycles. The first kappa shape index (κ1) is 17.7. The standard InChI is InChI=1S/C19H24N4O2/c1-2-3-5-9-15-17(11-20,12-21)18(13-22)14-8-6-4-7-10-19(14,24-15)25-16(18)23/h14-15,23H,2-10H2,1H3. The molecule has 1 N–H and O–H groups in total. The highest BCUT2D eigenvalue weighted by Crippen LogP contribution is 2.66. The van der Waals surface area contributed by atoms with E-state index < -0.39 is 28.6 Å². The van der Waals surface area contributed by atoms with Gasteiger partial charge < -0.3 is 9.47 Å². The molecule has 1 saturated carbocycles. The Morgan fingerprint density at radius 2 is 1.88 bits per heavy atom. The van der Waals surface area contributed by atoms with Gasteiger partial charge in [-0.1, -0.05) is 39.0 Å². The Balaban J connectivity index is 2.14. The Labute approximate surface area is 148 Å². The smallest absolute Gasteiger partial charge is 0.217 e. The van der Waals surface area contributed by atoms with Crippen LogP contribution in [0.1, 0.15) is 64.7 Å². The molecule has 2 heterocycles.